The Kier molecular flexibility index (Phi) is 3.08. The fraction of sp³-hybridized carbons (Fsp3) is 0.294. The molecule has 0 bridgehead atoms. The first kappa shape index (κ1) is 13.3. The predicted molar refractivity (Wildman–Crippen MR) is 88.0 cm³/mol. The Morgan fingerprint density at radius 1 is 1.27 bits per heavy atom. The van der Waals surface area contributed by atoms with Crippen LogP contribution >= 0.6 is 0 Å². The normalized spacial score (nSPS) is 18.3. The number of benzene rings is 1. The topological polar surface area (TPSA) is 59.5 Å². The van der Waals surface area contributed by atoms with Crippen molar-refractivity contribution in [3.8, 4) is 11.3 Å². The summed E-state index contributed by atoms with van der Waals surface area (Å²) in [7, 11) is 0. The number of hydrogen-bond acceptors (Lipinski definition) is 4. The molecule has 3 heterocycles. The van der Waals surface area contributed by atoms with Gasteiger partial charge in [0.15, 0.2) is 5.82 Å². The second-order valence-electron chi connectivity index (χ2n) is 5.92. The predicted octanol–water partition coefficient (Wildman–Crippen LogP) is 2.24. The summed E-state index contributed by atoms with van der Waals surface area (Å²) in [4.78, 5) is 6.82. The number of rotatable bonds is 2. The van der Waals surface area contributed by atoms with E-state index in [9.17, 15) is 0 Å². The quantitative estimate of drug-likeness (QED) is 0.787. The van der Waals surface area contributed by atoms with Crippen LogP contribution in [-0.2, 0) is 0 Å². The summed E-state index contributed by atoms with van der Waals surface area (Å²) in [5.41, 5.74) is 10.4. The highest BCUT2D eigenvalue weighted by Gasteiger charge is 2.22. The molecule has 1 fully saturated rings. The first-order valence-electron chi connectivity index (χ1n) is 7.63. The van der Waals surface area contributed by atoms with E-state index in [-0.39, 0.29) is 6.04 Å². The first-order chi connectivity index (χ1) is 10.7. The van der Waals surface area contributed by atoms with Gasteiger partial charge in [0.1, 0.15) is 5.52 Å². The Hall–Kier alpha value is -2.40. The Bertz CT molecular complexity index is 823. The number of fused-ring (bicyclic) bond motifs is 1. The number of anilines is 1. The number of nitrogens with two attached hydrogens (primary N) is 1. The van der Waals surface area contributed by atoms with Gasteiger partial charge in [-0.2, -0.15) is 5.10 Å². The molecule has 1 unspecified atom stereocenters. The fourth-order valence-corrected chi connectivity index (χ4v) is 3.12. The highest BCUT2D eigenvalue weighted by atomic mass is 15.3. The van der Waals surface area contributed by atoms with Crippen LogP contribution in [0.1, 0.15) is 12.0 Å². The molecule has 1 aliphatic rings. The van der Waals surface area contributed by atoms with Crippen LogP contribution in [0.25, 0.3) is 16.8 Å². The van der Waals surface area contributed by atoms with Crippen molar-refractivity contribution in [3.63, 3.8) is 0 Å². The van der Waals surface area contributed by atoms with Gasteiger partial charge >= 0.3 is 0 Å². The van der Waals surface area contributed by atoms with Gasteiger partial charge in [-0.25, -0.2) is 9.50 Å². The van der Waals surface area contributed by atoms with Crippen LogP contribution in [-0.4, -0.2) is 33.7 Å². The molecule has 0 spiro atoms. The van der Waals surface area contributed by atoms with E-state index >= 15 is 0 Å². The molecule has 0 amide bonds. The molecule has 2 aromatic heterocycles. The third-order valence-electron chi connectivity index (χ3n) is 4.31. The summed E-state index contributed by atoms with van der Waals surface area (Å²) < 4.78 is 1.91. The third-order valence-corrected chi connectivity index (χ3v) is 4.31. The van der Waals surface area contributed by atoms with E-state index in [0.29, 0.717) is 0 Å². The molecule has 1 saturated heterocycles. The lowest BCUT2D eigenvalue weighted by Crippen LogP contribution is -2.27. The zero-order valence-electron chi connectivity index (χ0n) is 12.6. The van der Waals surface area contributed by atoms with E-state index < -0.39 is 0 Å². The zero-order chi connectivity index (χ0) is 15.1. The summed E-state index contributed by atoms with van der Waals surface area (Å²) in [6.07, 6.45) is 4.72. The lowest BCUT2D eigenvalue weighted by Gasteiger charge is -2.17. The van der Waals surface area contributed by atoms with Crippen LogP contribution in [0.5, 0.6) is 0 Å². The Morgan fingerprint density at radius 2 is 2.14 bits per heavy atom. The van der Waals surface area contributed by atoms with Crippen molar-refractivity contribution < 1.29 is 0 Å². The van der Waals surface area contributed by atoms with E-state index in [0.717, 1.165) is 42.1 Å². The molecular weight excluding hydrogens is 274 g/mol. The second kappa shape index (κ2) is 5.10. The number of aryl methyl sites for hydroxylation is 1. The van der Waals surface area contributed by atoms with Crippen LogP contribution in [0.15, 0.2) is 42.7 Å². The van der Waals surface area contributed by atoms with Crippen molar-refractivity contribution in [2.45, 2.75) is 19.4 Å². The lowest BCUT2D eigenvalue weighted by atomic mass is 10.1. The van der Waals surface area contributed by atoms with Gasteiger partial charge in [-0.1, -0.05) is 24.3 Å². The highest BCUT2D eigenvalue weighted by molar-refractivity contribution is 5.76. The second-order valence-corrected chi connectivity index (χ2v) is 5.92. The Morgan fingerprint density at radius 3 is 2.91 bits per heavy atom. The van der Waals surface area contributed by atoms with Crippen molar-refractivity contribution in [2.75, 3.05) is 18.0 Å². The van der Waals surface area contributed by atoms with Crippen LogP contribution in [0, 0.1) is 6.92 Å². The maximum atomic E-state index is 6.03. The number of nitrogens with zero attached hydrogens (tertiary/aromatic N) is 4. The molecular formula is C17H19N5. The molecule has 4 rings (SSSR count). The maximum Gasteiger partial charge on any atom is 0.154 e. The third kappa shape index (κ3) is 2.14. The van der Waals surface area contributed by atoms with Crippen LogP contribution < -0.4 is 10.6 Å². The van der Waals surface area contributed by atoms with Crippen molar-refractivity contribution >= 4 is 11.3 Å². The smallest absolute Gasteiger partial charge is 0.154 e. The van der Waals surface area contributed by atoms with Gasteiger partial charge in [-0.3, -0.25) is 0 Å². The van der Waals surface area contributed by atoms with E-state index in [4.69, 9.17) is 10.8 Å². The van der Waals surface area contributed by atoms with Crippen molar-refractivity contribution in [3.05, 3.63) is 48.3 Å². The molecule has 1 aliphatic heterocycles. The van der Waals surface area contributed by atoms with Crippen molar-refractivity contribution in [2.24, 2.45) is 5.73 Å². The summed E-state index contributed by atoms with van der Waals surface area (Å²) in [5.74, 6) is 0.975. The van der Waals surface area contributed by atoms with Crippen molar-refractivity contribution in [1.29, 1.82) is 0 Å². The number of aromatic nitrogens is 3. The summed E-state index contributed by atoms with van der Waals surface area (Å²) in [5, 5.41) is 4.71. The Labute approximate surface area is 129 Å². The van der Waals surface area contributed by atoms with Crippen LogP contribution in [0.2, 0.25) is 0 Å². The van der Waals surface area contributed by atoms with Gasteiger partial charge in [0.25, 0.3) is 0 Å². The molecule has 5 heteroatoms. The summed E-state index contributed by atoms with van der Waals surface area (Å²) >= 11 is 0. The molecule has 22 heavy (non-hydrogen) atoms. The summed E-state index contributed by atoms with van der Waals surface area (Å²) in [6.45, 7) is 3.92. The van der Waals surface area contributed by atoms with E-state index in [1.54, 1.807) is 6.20 Å². The fourth-order valence-electron chi connectivity index (χ4n) is 3.12. The average Bonchev–Trinajstić information content (AvgIpc) is 3.13. The van der Waals surface area contributed by atoms with Gasteiger partial charge in [0.2, 0.25) is 0 Å². The van der Waals surface area contributed by atoms with Gasteiger partial charge in [0, 0.05) is 37.1 Å². The Balaban J connectivity index is 1.83. The van der Waals surface area contributed by atoms with Gasteiger partial charge < -0.3 is 10.6 Å². The molecule has 3 aromatic rings. The van der Waals surface area contributed by atoms with Crippen LogP contribution in [0.3, 0.4) is 0 Å². The van der Waals surface area contributed by atoms with Gasteiger partial charge in [0.05, 0.1) is 5.69 Å². The SMILES string of the molecule is Cc1ccccc1-c1cc2c(N3CCC(N)C3)nccn2n1. The van der Waals surface area contributed by atoms with Gasteiger partial charge in [-0.05, 0) is 25.0 Å². The minimum Gasteiger partial charge on any atom is -0.353 e. The minimum absolute atomic E-state index is 0.237. The van der Waals surface area contributed by atoms with E-state index in [1.165, 1.54) is 5.56 Å². The molecule has 112 valence electrons. The maximum absolute atomic E-state index is 6.03. The molecule has 1 aromatic carbocycles. The van der Waals surface area contributed by atoms with Gasteiger partial charge in [-0.15, -0.1) is 0 Å². The van der Waals surface area contributed by atoms with Crippen LogP contribution in [0.4, 0.5) is 5.82 Å². The first-order valence-corrected chi connectivity index (χ1v) is 7.63. The minimum atomic E-state index is 0.237. The number of hydrogen-bond donors (Lipinski definition) is 1. The van der Waals surface area contributed by atoms with E-state index in [2.05, 4.69) is 35.0 Å². The molecule has 0 saturated carbocycles. The van der Waals surface area contributed by atoms with E-state index in [1.807, 2.05) is 22.8 Å². The average molecular weight is 293 g/mol. The molecule has 5 nitrogen and oxygen atoms in total. The summed E-state index contributed by atoms with van der Waals surface area (Å²) in [6, 6.07) is 10.7. The molecule has 2 N–H and O–H groups in total. The largest absolute Gasteiger partial charge is 0.353 e. The molecule has 0 aliphatic carbocycles. The van der Waals surface area contributed by atoms with Crippen molar-refractivity contribution in [1.82, 2.24) is 14.6 Å². The zero-order valence-corrected chi connectivity index (χ0v) is 12.6. The molecule has 0 radical (unpaired) electrons. The standard InChI is InChI=1S/C17H19N5/c1-12-4-2-3-5-14(12)15-10-16-17(19-7-9-22(16)20-15)21-8-6-13(18)11-21/h2-5,7,9-10,13H,6,8,11,18H2,1H3. The monoisotopic (exact) mass is 293 g/mol. The lowest BCUT2D eigenvalue weighted by molar-refractivity contribution is 0.751. The molecule has 1 atom stereocenters. The highest BCUT2D eigenvalue weighted by Crippen LogP contribution is 2.28.